The Balaban J connectivity index is 1.76. The maximum absolute atomic E-state index is 11.8. The van der Waals surface area contributed by atoms with Gasteiger partial charge >= 0.3 is 0 Å². The van der Waals surface area contributed by atoms with Gasteiger partial charge < -0.3 is 10.2 Å². The summed E-state index contributed by atoms with van der Waals surface area (Å²) in [6.45, 7) is 10.6. The zero-order valence-electron chi connectivity index (χ0n) is 13.6. The minimum absolute atomic E-state index is 0.255. The molecule has 1 unspecified atom stereocenters. The van der Waals surface area contributed by atoms with Crippen molar-refractivity contribution in [3.63, 3.8) is 0 Å². The second kappa shape index (κ2) is 5.93. The number of nitrogens with one attached hydrogen (secondary N) is 1. The summed E-state index contributed by atoms with van der Waals surface area (Å²) in [7, 11) is 0. The third-order valence-electron chi connectivity index (χ3n) is 4.33. The van der Waals surface area contributed by atoms with E-state index < -0.39 is 0 Å². The first kappa shape index (κ1) is 15.4. The largest absolute Gasteiger partial charge is 0.341 e. The maximum Gasteiger partial charge on any atom is 0.224 e. The summed E-state index contributed by atoms with van der Waals surface area (Å²) >= 11 is 1.73. The van der Waals surface area contributed by atoms with E-state index in [0.717, 1.165) is 36.0 Å². The quantitative estimate of drug-likeness (QED) is 0.940. The van der Waals surface area contributed by atoms with E-state index in [2.05, 4.69) is 22.2 Å². The van der Waals surface area contributed by atoms with Crippen molar-refractivity contribution in [2.24, 2.45) is 0 Å². The predicted molar refractivity (Wildman–Crippen MR) is 89.1 cm³/mol. The molecule has 0 aromatic carbocycles. The molecule has 6 heteroatoms. The normalized spacial score (nSPS) is 18.6. The maximum atomic E-state index is 11.8. The third-order valence-corrected chi connectivity index (χ3v) is 5.51. The summed E-state index contributed by atoms with van der Waals surface area (Å²) in [6, 6.07) is 0.256. The molecular formula is C16H22N4OS. The molecule has 2 aromatic rings. The van der Waals surface area contributed by atoms with Crippen molar-refractivity contribution in [2.75, 3.05) is 13.1 Å². The van der Waals surface area contributed by atoms with Crippen LogP contribution in [0.5, 0.6) is 0 Å². The van der Waals surface area contributed by atoms with E-state index in [4.69, 9.17) is 0 Å². The highest BCUT2D eigenvalue weighted by Crippen LogP contribution is 2.31. The molecule has 0 radical (unpaired) electrons. The van der Waals surface area contributed by atoms with Gasteiger partial charge in [-0.25, -0.2) is 9.97 Å². The molecule has 22 heavy (non-hydrogen) atoms. The molecule has 1 aliphatic rings. The third kappa shape index (κ3) is 2.73. The second-order valence-electron chi connectivity index (χ2n) is 5.90. The smallest absolute Gasteiger partial charge is 0.224 e. The van der Waals surface area contributed by atoms with Gasteiger partial charge in [-0.1, -0.05) is 0 Å². The molecule has 1 aliphatic heterocycles. The number of hydrogen-bond acceptors (Lipinski definition) is 5. The number of carbonyl (C=O) groups excluding carboxylic acids is 1. The lowest BCUT2D eigenvalue weighted by molar-refractivity contribution is -0.127. The van der Waals surface area contributed by atoms with Crippen molar-refractivity contribution >= 4 is 27.5 Å². The summed E-state index contributed by atoms with van der Waals surface area (Å²) in [6.07, 6.45) is 0.607. The molecule has 3 heterocycles. The molecule has 3 rings (SSSR count). The Morgan fingerprint density at radius 1 is 1.32 bits per heavy atom. The standard InChI is InChI=1S/C16H22N4OS/c1-5-20-8-12(6-14(20)21)17-7-13-9(2)15-10(3)18-11(4)19-16(15)22-13/h12,17H,5-8H2,1-4H3. The molecule has 1 saturated heterocycles. The zero-order chi connectivity index (χ0) is 15.9. The lowest BCUT2D eigenvalue weighted by atomic mass is 10.1. The Morgan fingerprint density at radius 2 is 2.09 bits per heavy atom. The lowest BCUT2D eigenvalue weighted by Crippen LogP contribution is -2.32. The van der Waals surface area contributed by atoms with Crippen LogP contribution in [0.3, 0.4) is 0 Å². The second-order valence-corrected chi connectivity index (χ2v) is 6.98. The van der Waals surface area contributed by atoms with Crippen LogP contribution in [0.1, 0.15) is 35.3 Å². The molecule has 0 bridgehead atoms. The van der Waals surface area contributed by atoms with E-state index in [1.165, 1.54) is 15.8 Å². The van der Waals surface area contributed by atoms with E-state index in [1.54, 1.807) is 11.3 Å². The highest BCUT2D eigenvalue weighted by Gasteiger charge is 2.28. The Bertz CT molecular complexity index is 724. The fraction of sp³-hybridized carbons (Fsp3) is 0.562. The lowest BCUT2D eigenvalue weighted by Gasteiger charge is -2.14. The fourth-order valence-corrected chi connectivity index (χ4v) is 4.36. The number of likely N-dealkylation sites (tertiary alicyclic amines) is 1. The van der Waals surface area contributed by atoms with E-state index in [0.29, 0.717) is 6.42 Å². The minimum atomic E-state index is 0.255. The van der Waals surface area contributed by atoms with Crippen molar-refractivity contribution in [3.8, 4) is 0 Å². The number of amides is 1. The summed E-state index contributed by atoms with van der Waals surface area (Å²) in [5.74, 6) is 1.08. The van der Waals surface area contributed by atoms with Crippen LogP contribution in [0.25, 0.3) is 10.2 Å². The highest BCUT2D eigenvalue weighted by molar-refractivity contribution is 7.18. The van der Waals surface area contributed by atoms with Crippen molar-refractivity contribution < 1.29 is 4.79 Å². The Morgan fingerprint density at radius 3 is 2.77 bits per heavy atom. The zero-order valence-corrected chi connectivity index (χ0v) is 14.4. The molecule has 0 spiro atoms. The van der Waals surface area contributed by atoms with Crippen LogP contribution in [-0.4, -0.2) is 39.9 Å². The summed E-state index contributed by atoms with van der Waals surface area (Å²) in [5.41, 5.74) is 2.32. The van der Waals surface area contributed by atoms with Crippen LogP contribution in [0, 0.1) is 20.8 Å². The topological polar surface area (TPSA) is 58.1 Å². The van der Waals surface area contributed by atoms with Gasteiger partial charge in [0.2, 0.25) is 5.91 Å². The number of nitrogens with zero attached hydrogens (tertiary/aromatic N) is 3. The molecule has 2 aromatic heterocycles. The average molecular weight is 318 g/mol. The number of likely N-dealkylation sites (N-methyl/N-ethyl adjacent to an activating group) is 1. The Labute approximate surface area is 134 Å². The molecule has 1 N–H and O–H groups in total. The van der Waals surface area contributed by atoms with Crippen LogP contribution in [0.15, 0.2) is 0 Å². The van der Waals surface area contributed by atoms with Gasteiger partial charge in [0.25, 0.3) is 0 Å². The first-order valence-electron chi connectivity index (χ1n) is 7.74. The van der Waals surface area contributed by atoms with E-state index >= 15 is 0 Å². The number of fused-ring (bicyclic) bond motifs is 1. The molecule has 0 saturated carbocycles. The van der Waals surface area contributed by atoms with Crippen LogP contribution >= 0.6 is 11.3 Å². The summed E-state index contributed by atoms with van der Waals surface area (Å²) in [5, 5.41) is 4.71. The van der Waals surface area contributed by atoms with E-state index in [9.17, 15) is 4.79 Å². The van der Waals surface area contributed by atoms with E-state index in [1.807, 2.05) is 25.7 Å². The predicted octanol–water partition coefficient (Wildman–Crippen LogP) is 2.33. The molecule has 1 fully saturated rings. The fourth-order valence-electron chi connectivity index (χ4n) is 3.14. The van der Waals surface area contributed by atoms with Gasteiger partial charge in [0.1, 0.15) is 10.7 Å². The van der Waals surface area contributed by atoms with Crippen molar-refractivity contribution in [1.82, 2.24) is 20.2 Å². The Hall–Kier alpha value is -1.53. The SMILES string of the molecule is CCN1CC(NCc2sc3nc(C)nc(C)c3c2C)CC1=O. The van der Waals surface area contributed by atoms with Gasteiger partial charge in [-0.05, 0) is 33.3 Å². The number of aromatic nitrogens is 2. The monoisotopic (exact) mass is 318 g/mol. The highest BCUT2D eigenvalue weighted by atomic mass is 32.1. The van der Waals surface area contributed by atoms with E-state index in [-0.39, 0.29) is 11.9 Å². The molecule has 0 aliphatic carbocycles. The van der Waals surface area contributed by atoms with Crippen LogP contribution in [-0.2, 0) is 11.3 Å². The first-order chi connectivity index (χ1) is 10.5. The van der Waals surface area contributed by atoms with Crippen LogP contribution < -0.4 is 5.32 Å². The van der Waals surface area contributed by atoms with Crippen molar-refractivity contribution in [2.45, 2.75) is 46.7 Å². The number of thiophene rings is 1. The van der Waals surface area contributed by atoms with Crippen molar-refractivity contribution in [3.05, 3.63) is 22.0 Å². The number of hydrogen-bond donors (Lipinski definition) is 1. The number of aryl methyl sites for hydroxylation is 3. The van der Waals surface area contributed by atoms with Gasteiger partial charge in [-0.3, -0.25) is 4.79 Å². The number of carbonyl (C=O) groups is 1. The van der Waals surface area contributed by atoms with Gasteiger partial charge in [-0.2, -0.15) is 0 Å². The summed E-state index contributed by atoms with van der Waals surface area (Å²) in [4.78, 5) is 25.1. The van der Waals surface area contributed by atoms with Crippen molar-refractivity contribution in [1.29, 1.82) is 0 Å². The molecule has 118 valence electrons. The number of rotatable bonds is 4. The summed E-state index contributed by atoms with van der Waals surface area (Å²) < 4.78 is 0. The molecule has 1 atom stereocenters. The molecule has 1 amide bonds. The van der Waals surface area contributed by atoms with Crippen LogP contribution in [0.2, 0.25) is 0 Å². The van der Waals surface area contributed by atoms with Gasteiger partial charge in [-0.15, -0.1) is 11.3 Å². The first-order valence-corrected chi connectivity index (χ1v) is 8.55. The minimum Gasteiger partial charge on any atom is -0.341 e. The average Bonchev–Trinajstić information content (AvgIpc) is 2.97. The van der Waals surface area contributed by atoms with Gasteiger partial charge in [0, 0.05) is 48.1 Å². The van der Waals surface area contributed by atoms with Crippen LogP contribution in [0.4, 0.5) is 0 Å². The van der Waals surface area contributed by atoms with Gasteiger partial charge in [0.15, 0.2) is 0 Å². The Kier molecular flexibility index (Phi) is 4.14. The molecular weight excluding hydrogens is 296 g/mol. The van der Waals surface area contributed by atoms with Gasteiger partial charge in [0.05, 0.1) is 0 Å². The molecule has 5 nitrogen and oxygen atoms in total.